The Hall–Kier alpha value is -0.640. The Balaban J connectivity index is 2.01. The number of hydrogen-bond acceptors (Lipinski definition) is 3. The average Bonchev–Trinajstić information content (AvgIpc) is 2.56. The van der Waals surface area contributed by atoms with Crippen molar-refractivity contribution < 1.29 is 0 Å². The van der Waals surface area contributed by atoms with Gasteiger partial charge in [0.05, 0.1) is 0 Å². The summed E-state index contributed by atoms with van der Waals surface area (Å²) in [5.41, 5.74) is 6.91. The molecule has 76 valence electrons. The average molecular weight is 212 g/mol. The molecule has 2 rings (SSSR count). The minimum absolute atomic E-state index is 0.324. The maximum atomic E-state index is 5.97. The van der Waals surface area contributed by atoms with E-state index in [1.165, 1.54) is 0 Å². The lowest BCUT2D eigenvalue weighted by molar-refractivity contribution is 0.326. The second-order valence-electron chi connectivity index (χ2n) is 3.74. The number of hydrogen-bond donors (Lipinski definition) is 1. The molecule has 1 atom stereocenters. The second kappa shape index (κ2) is 4.26. The van der Waals surface area contributed by atoms with Gasteiger partial charge in [-0.2, -0.15) is 0 Å². The molecule has 0 aliphatic carbocycles. The van der Waals surface area contributed by atoms with Crippen molar-refractivity contribution in [1.29, 1.82) is 0 Å². The van der Waals surface area contributed by atoms with Crippen LogP contribution in [0.15, 0.2) is 18.3 Å². The highest BCUT2D eigenvalue weighted by molar-refractivity contribution is 6.30. The summed E-state index contributed by atoms with van der Waals surface area (Å²) in [4.78, 5) is 6.36. The van der Waals surface area contributed by atoms with Crippen molar-refractivity contribution in [2.45, 2.75) is 19.0 Å². The van der Waals surface area contributed by atoms with E-state index in [0.717, 1.165) is 31.6 Å². The first-order valence-electron chi connectivity index (χ1n) is 4.83. The summed E-state index contributed by atoms with van der Waals surface area (Å²) >= 11 is 5.97. The van der Waals surface area contributed by atoms with Crippen LogP contribution in [0.3, 0.4) is 0 Å². The van der Waals surface area contributed by atoms with Crippen molar-refractivity contribution in [1.82, 2.24) is 9.88 Å². The van der Waals surface area contributed by atoms with Gasteiger partial charge in [-0.1, -0.05) is 17.7 Å². The summed E-state index contributed by atoms with van der Waals surface area (Å²) in [6, 6.07) is 4.25. The van der Waals surface area contributed by atoms with Crippen LogP contribution >= 0.6 is 11.6 Å². The van der Waals surface area contributed by atoms with E-state index in [4.69, 9.17) is 17.3 Å². The van der Waals surface area contributed by atoms with E-state index < -0.39 is 0 Å². The number of pyridine rings is 1. The van der Waals surface area contributed by atoms with Crippen LogP contribution < -0.4 is 5.73 Å². The van der Waals surface area contributed by atoms with Crippen LogP contribution in [-0.2, 0) is 6.54 Å². The number of aromatic nitrogens is 1. The molecule has 0 bridgehead atoms. The van der Waals surface area contributed by atoms with Crippen molar-refractivity contribution in [2.24, 2.45) is 5.73 Å². The maximum Gasteiger partial charge on any atom is 0.133 e. The van der Waals surface area contributed by atoms with Crippen LogP contribution in [0.1, 0.15) is 12.0 Å². The zero-order valence-corrected chi connectivity index (χ0v) is 8.74. The first-order valence-corrected chi connectivity index (χ1v) is 5.21. The minimum Gasteiger partial charge on any atom is -0.326 e. The fourth-order valence-corrected chi connectivity index (χ4v) is 1.96. The molecule has 1 aliphatic rings. The van der Waals surface area contributed by atoms with E-state index in [0.29, 0.717) is 11.2 Å². The molecule has 1 aromatic rings. The minimum atomic E-state index is 0.324. The predicted molar refractivity (Wildman–Crippen MR) is 57.1 cm³/mol. The van der Waals surface area contributed by atoms with Crippen LogP contribution in [0.4, 0.5) is 0 Å². The number of nitrogens with zero attached hydrogens (tertiary/aromatic N) is 2. The normalized spacial score (nSPS) is 22.9. The van der Waals surface area contributed by atoms with E-state index in [2.05, 4.69) is 9.88 Å². The maximum absolute atomic E-state index is 5.97. The van der Waals surface area contributed by atoms with Gasteiger partial charge in [-0.25, -0.2) is 4.98 Å². The molecule has 0 saturated carbocycles. The Morgan fingerprint density at radius 1 is 1.64 bits per heavy atom. The Morgan fingerprint density at radius 3 is 3.14 bits per heavy atom. The third kappa shape index (κ3) is 2.23. The van der Waals surface area contributed by atoms with Gasteiger partial charge in [0.2, 0.25) is 0 Å². The molecule has 1 unspecified atom stereocenters. The van der Waals surface area contributed by atoms with Gasteiger partial charge < -0.3 is 5.73 Å². The van der Waals surface area contributed by atoms with Crippen LogP contribution in [-0.4, -0.2) is 29.0 Å². The van der Waals surface area contributed by atoms with Crippen molar-refractivity contribution in [3.05, 3.63) is 29.0 Å². The molecule has 4 heteroatoms. The number of rotatable bonds is 2. The SMILES string of the molecule is NC1CCN(Cc2cccnc2Cl)C1. The van der Waals surface area contributed by atoms with Crippen molar-refractivity contribution in [3.63, 3.8) is 0 Å². The van der Waals surface area contributed by atoms with E-state index in [-0.39, 0.29) is 0 Å². The van der Waals surface area contributed by atoms with Crippen LogP contribution in [0.25, 0.3) is 0 Å². The Labute approximate surface area is 88.9 Å². The van der Waals surface area contributed by atoms with Gasteiger partial charge in [-0.15, -0.1) is 0 Å². The lowest BCUT2D eigenvalue weighted by Gasteiger charge is -2.15. The van der Waals surface area contributed by atoms with Crippen LogP contribution in [0.2, 0.25) is 5.15 Å². The first kappa shape index (κ1) is 9.90. The molecule has 2 heterocycles. The molecule has 1 fully saturated rings. The smallest absolute Gasteiger partial charge is 0.133 e. The summed E-state index contributed by atoms with van der Waals surface area (Å²) in [7, 11) is 0. The highest BCUT2D eigenvalue weighted by Crippen LogP contribution is 2.17. The van der Waals surface area contributed by atoms with E-state index >= 15 is 0 Å². The molecule has 3 nitrogen and oxygen atoms in total. The third-order valence-corrected chi connectivity index (χ3v) is 2.88. The topological polar surface area (TPSA) is 42.1 Å². The molecule has 1 aliphatic heterocycles. The standard InChI is InChI=1S/C10H14ClN3/c11-10-8(2-1-4-13-10)6-14-5-3-9(12)7-14/h1-2,4,9H,3,5-7,12H2. The van der Waals surface area contributed by atoms with Gasteiger partial charge in [0, 0.05) is 37.4 Å². The Kier molecular flexibility index (Phi) is 3.01. The van der Waals surface area contributed by atoms with Crippen molar-refractivity contribution >= 4 is 11.6 Å². The van der Waals surface area contributed by atoms with Gasteiger partial charge in [0.1, 0.15) is 5.15 Å². The molecule has 14 heavy (non-hydrogen) atoms. The molecule has 1 saturated heterocycles. The fourth-order valence-electron chi connectivity index (χ4n) is 1.78. The summed E-state index contributed by atoms with van der Waals surface area (Å²) < 4.78 is 0. The predicted octanol–water partition coefficient (Wildman–Crippen LogP) is 1.27. The zero-order chi connectivity index (χ0) is 9.97. The summed E-state index contributed by atoms with van der Waals surface area (Å²) in [6.45, 7) is 2.89. The van der Waals surface area contributed by atoms with Gasteiger partial charge >= 0.3 is 0 Å². The monoisotopic (exact) mass is 211 g/mol. The van der Waals surface area contributed by atoms with E-state index in [1.807, 2.05) is 12.1 Å². The molecule has 0 spiro atoms. The quantitative estimate of drug-likeness (QED) is 0.750. The second-order valence-corrected chi connectivity index (χ2v) is 4.10. The molecular weight excluding hydrogens is 198 g/mol. The summed E-state index contributed by atoms with van der Waals surface area (Å²) in [5, 5.41) is 0.605. The molecule has 0 radical (unpaired) electrons. The molecular formula is C10H14ClN3. The Morgan fingerprint density at radius 2 is 2.50 bits per heavy atom. The third-order valence-electron chi connectivity index (χ3n) is 2.54. The molecule has 0 aromatic carbocycles. The highest BCUT2D eigenvalue weighted by Gasteiger charge is 2.19. The lowest BCUT2D eigenvalue weighted by atomic mass is 10.2. The Bertz CT molecular complexity index is 316. The summed E-state index contributed by atoms with van der Waals surface area (Å²) in [5.74, 6) is 0. The van der Waals surface area contributed by atoms with Crippen LogP contribution in [0, 0.1) is 0 Å². The van der Waals surface area contributed by atoms with Crippen LogP contribution in [0.5, 0.6) is 0 Å². The number of likely N-dealkylation sites (tertiary alicyclic amines) is 1. The largest absolute Gasteiger partial charge is 0.326 e. The highest BCUT2D eigenvalue weighted by atomic mass is 35.5. The van der Waals surface area contributed by atoms with E-state index in [9.17, 15) is 0 Å². The van der Waals surface area contributed by atoms with Gasteiger partial charge in [-0.05, 0) is 12.5 Å². The first-order chi connectivity index (χ1) is 6.75. The zero-order valence-electron chi connectivity index (χ0n) is 7.99. The van der Waals surface area contributed by atoms with Crippen molar-refractivity contribution in [3.8, 4) is 0 Å². The van der Waals surface area contributed by atoms with E-state index in [1.54, 1.807) is 6.20 Å². The molecule has 2 N–H and O–H groups in total. The van der Waals surface area contributed by atoms with Crippen molar-refractivity contribution in [2.75, 3.05) is 13.1 Å². The van der Waals surface area contributed by atoms with Gasteiger partial charge in [-0.3, -0.25) is 4.90 Å². The number of nitrogens with two attached hydrogens (primary N) is 1. The van der Waals surface area contributed by atoms with Gasteiger partial charge in [0.25, 0.3) is 0 Å². The summed E-state index contributed by atoms with van der Waals surface area (Å²) in [6.07, 6.45) is 2.79. The fraction of sp³-hybridized carbons (Fsp3) is 0.500. The number of halogens is 1. The molecule has 1 aromatic heterocycles. The lowest BCUT2D eigenvalue weighted by Crippen LogP contribution is -2.26. The van der Waals surface area contributed by atoms with Gasteiger partial charge in [0.15, 0.2) is 0 Å². The molecule has 0 amide bonds.